The summed E-state index contributed by atoms with van der Waals surface area (Å²) in [6, 6.07) is 14.5. The molecular formula is C22H23N3O3S. The van der Waals surface area contributed by atoms with E-state index in [1.807, 2.05) is 31.2 Å². The number of hydrogen-bond acceptors (Lipinski definition) is 6. The number of aromatic nitrogens is 2. The van der Waals surface area contributed by atoms with Crippen molar-refractivity contribution in [3.05, 3.63) is 65.2 Å². The first kappa shape index (κ1) is 20.7. The fourth-order valence-corrected chi connectivity index (χ4v) is 3.74. The zero-order chi connectivity index (χ0) is 20.8. The van der Waals surface area contributed by atoms with Gasteiger partial charge < -0.3 is 4.74 Å². The highest BCUT2D eigenvalue weighted by Crippen LogP contribution is 2.30. The molecule has 2 aromatic carbocycles. The molecule has 0 aliphatic rings. The zero-order valence-corrected chi connectivity index (χ0v) is 17.5. The standard InChI is InChI=1S/C22H23N3O3S/c1-4-5-14-25(20(26)18-9-7-6-8-15(18)2)22-24-23-19(29-22)16-10-12-17(13-11-16)21(27)28-3/h6-13H,4-5,14H2,1-3H3. The molecule has 29 heavy (non-hydrogen) atoms. The first-order valence-electron chi connectivity index (χ1n) is 9.45. The molecule has 0 unspecified atom stereocenters. The van der Waals surface area contributed by atoms with E-state index in [0.717, 1.165) is 24.0 Å². The molecule has 0 N–H and O–H groups in total. The molecule has 3 aromatic rings. The number of methoxy groups -OCH3 is 1. The summed E-state index contributed by atoms with van der Waals surface area (Å²) >= 11 is 1.36. The molecule has 1 amide bonds. The van der Waals surface area contributed by atoms with Crippen LogP contribution in [0.5, 0.6) is 0 Å². The summed E-state index contributed by atoms with van der Waals surface area (Å²) in [6.45, 7) is 4.60. The zero-order valence-electron chi connectivity index (χ0n) is 16.7. The lowest BCUT2D eigenvalue weighted by atomic mass is 10.1. The molecule has 0 bridgehead atoms. The van der Waals surface area contributed by atoms with E-state index < -0.39 is 0 Å². The van der Waals surface area contributed by atoms with E-state index in [4.69, 9.17) is 4.74 Å². The fraction of sp³-hybridized carbons (Fsp3) is 0.273. The molecule has 3 rings (SSSR count). The van der Waals surface area contributed by atoms with Crippen LogP contribution in [-0.2, 0) is 4.74 Å². The number of unbranched alkanes of at least 4 members (excludes halogenated alkanes) is 1. The molecule has 0 aliphatic carbocycles. The lowest BCUT2D eigenvalue weighted by Crippen LogP contribution is -2.32. The van der Waals surface area contributed by atoms with Crippen molar-refractivity contribution < 1.29 is 14.3 Å². The van der Waals surface area contributed by atoms with Gasteiger partial charge in [0, 0.05) is 17.7 Å². The number of amides is 1. The minimum Gasteiger partial charge on any atom is -0.465 e. The van der Waals surface area contributed by atoms with Crippen LogP contribution in [0, 0.1) is 6.92 Å². The number of hydrogen-bond donors (Lipinski definition) is 0. The average Bonchev–Trinajstić information content (AvgIpc) is 3.23. The van der Waals surface area contributed by atoms with E-state index in [9.17, 15) is 9.59 Å². The third-order valence-electron chi connectivity index (χ3n) is 4.55. The van der Waals surface area contributed by atoms with Crippen LogP contribution in [0.3, 0.4) is 0 Å². The molecule has 0 fully saturated rings. The number of carbonyl (C=O) groups is 2. The molecule has 0 aliphatic heterocycles. The minimum absolute atomic E-state index is 0.0692. The normalized spacial score (nSPS) is 10.6. The summed E-state index contributed by atoms with van der Waals surface area (Å²) in [4.78, 5) is 26.5. The lowest BCUT2D eigenvalue weighted by Gasteiger charge is -2.20. The Bertz CT molecular complexity index is 999. The molecule has 0 atom stereocenters. The Labute approximate surface area is 174 Å². The molecule has 6 nitrogen and oxygen atoms in total. The van der Waals surface area contributed by atoms with Crippen LogP contribution in [0.25, 0.3) is 10.6 Å². The highest BCUT2D eigenvalue weighted by atomic mass is 32.1. The van der Waals surface area contributed by atoms with Crippen molar-refractivity contribution in [1.82, 2.24) is 10.2 Å². The highest BCUT2D eigenvalue weighted by Gasteiger charge is 2.22. The molecular weight excluding hydrogens is 386 g/mol. The number of nitrogens with zero attached hydrogens (tertiary/aromatic N) is 3. The second kappa shape index (κ2) is 9.43. The summed E-state index contributed by atoms with van der Waals surface area (Å²) in [5.41, 5.74) is 2.91. The van der Waals surface area contributed by atoms with Crippen LogP contribution >= 0.6 is 11.3 Å². The van der Waals surface area contributed by atoms with Gasteiger partial charge in [-0.3, -0.25) is 9.69 Å². The molecule has 150 valence electrons. The number of esters is 1. The predicted molar refractivity (Wildman–Crippen MR) is 114 cm³/mol. The van der Waals surface area contributed by atoms with Gasteiger partial charge in [0.05, 0.1) is 12.7 Å². The number of carbonyl (C=O) groups excluding carboxylic acids is 2. The molecule has 0 radical (unpaired) electrons. The first-order valence-corrected chi connectivity index (χ1v) is 10.3. The van der Waals surface area contributed by atoms with Crippen LogP contribution in [-0.4, -0.2) is 35.7 Å². The second-order valence-electron chi connectivity index (χ2n) is 6.58. The monoisotopic (exact) mass is 409 g/mol. The van der Waals surface area contributed by atoms with Gasteiger partial charge >= 0.3 is 5.97 Å². The Kier molecular flexibility index (Phi) is 6.72. The van der Waals surface area contributed by atoms with E-state index in [1.54, 1.807) is 29.2 Å². The molecule has 0 saturated carbocycles. The van der Waals surface area contributed by atoms with E-state index >= 15 is 0 Å². The fourth-order valence-electron chi connectivity index (χ4n) is 2.87. The van der Waals surface area contributed by atoms with Crippen molar-refractivity contribution in [2.24, 2.45) is 0 Å². The van der Waals surface area contributed by atoms with Gasteiger partial charge in [0.1, 0.15) is 5.01 Å². The van der Waals surface area contributed by atoms with Crippen LogP contribution in [0.15, 0.2) is 48.5 Å². The van der Waals surface area contributed by atoms with Gasteiger partial charge in [-0.15, -0.1) is 10.2 Å². The van der Waals surface area contributed by atoms with Crippen molar-refractivity contribution in [2.75, 3.05) is 18.6 Å². The number of ether oxygens (including phenoxy) is 1. The smallest absolute Gasteiger partial charge is 0.337 e. The van der Waals surface area contributed by atoms with Gasteiger partial charge in [-0.25, -0.2) is 4.79 Å². The van der Waals surface area contributed by atoms with Crippen LogP contribution in [0.4, 0.5) is 5.13 Å². The third kappa shape index (κ3) is 4.68. The minimum atomic E-state index is -0.385. The Morgan fingerprint density at radius 3 is 2.45 bits per heavy atom. The van der Waals surface area contributed by atoms with E-state index in [1.165, 1.54) is 18.4 Å². The average molecular weight is 410 g/mol. The Morgan fingerprint density at radius 1 is 1.07 bits per heavy atom. The SMILES string of the molecule is CCCCN(C(=O)c1ccccc1C)c1nnc(-c2ccc(C(=O)OC)cc2)s1. The molecule has 0 saturated heterocycles. The van der Waals surface area contributed by atoms with Gasteiger partial charge in [0.15, 0.2) is 0 Å². The van der Waals surface area contributed by atoms with Crippen LogP contribution in [0.2, 0.25) is 0 Å². The molecule has 0 spiro atoms. The summed E-state index contributed by atoms with van der Waals surface area (Å²) in [7, 11) is 1.35. The summed E-state index contributed by atoms with van der Waals surface area (Å²) in [5, 5.41) is 9.80. The van der Waals surface area contributed by atoms with E-state index in [-0.39, 0.29) is 11.9 Å². The summed E-state index contributed by atoms with van der Waals surface area (Å²) in [5.74, 6) is -0.454. The van der Waals surface area contributed by atoms with Crippen LogP contribution in [0.1, 0.15) is 46.0 Å². The summed E-state index contributed by atoms with van der Waals surface area (Å²) < 4.78 is 4.72. The first-order chi connectivity index (χ1) is 14.0. The molecule has 1 aromatic heterocycles. The van der Waals surface area contributed by atoms with Crippen molar-refractivity contribution in [3.8, 4) is 10.6 Å². The van der Waals surface area contributed by atoms with Crippen molar-refractivity contribution in [1.29, 1.82) is 0 Å². The predicted octanol–water partition coefficient (Wildman–Crippen LogP) is 4.75. The van der Waals surface area contributed by atoms with Gasteiger partial charge in [-0.1, -0.05) is 55.0 Å². The highest BCUT2D eigenvalue weighted by molar-refractivity contribution is 7.18. The maximum absolute atomic E-state index is 13.2. The number of rotatable bonds is 7. The lowest BCUT2D eigenvalue weighted by molar-refractivity contribution is 0.0600. The van der Waals surface area contributed by atoms with Crippen LogP contribution < -0.4 is 4.90 Å². The van der Waals surface area contributed by atoms with Crippen molar-refractivity contribution in [3.63, 3.8) is 0 Å². The van der Waals surface area contributed by atoms with Crippen molar-refractivity contribution in [2.45, 2.75) is 26.7 Å². The quantitative estimate of drug-likeness (QED) is 0.527. The largest absolute Gasteiger partial charge is 0.465 e. The van der Waals surface area contributed by atoms with E-state index in [0.29, 0.717) is 27.8 Å². The van der Waals surface area contributed by atoms with Gasteiger partial charge in [-0.2, -0.15) is 0 Å². The maximum atomic E-state index is 13.2. The van der Waals surface area contributed by atoms with Gasteiger partial charge in [0.2, 0.25) is 5.13 Å². The molecule has 7 heteroatoms. The van der Waals surface area contributed by atoms with Crippen molar-refractivity contribution >= 4 is 28.3 Å². The maximum Gasteiger partial charge on any atom is 0.337 e. The Balaban J connectivity index is 1.88. The van der Waals surface area contributed by atoms with Gasteiger partial charge in [-0.05, 0) is 37.1 Å². The Hall–Kier alpha value is -3.06. The molecule has 1 heterocycles. The third-order valence-corrected chi connectivity index (χ3v) is 5.55. The second-order valence-corrected chi connectivity index (χ2v) is 7.54. The number of anilines is 1. The van der Waals surface area contributed by atoms with Gasteiger partial charge in [0.25, 0.3) is 5.91 Å². The topological polar surface area (TPSA) is 72.4 Å². The van der Waals surface area contributed by atoms with E-state index in [2.05, 4.69) is 17.1 Å². The number of aryl methyl sites for hydroxylation is 1. The number of benzene rings is 2. The Morgan fingerprint density at radius 2 is 1.79 bits per heavy atom. The summed E-state index contributed by atoms with van der Waals surface area (Å²) in [6.07, 6.45) is 1.85.